The lowest BCUT2D eigenvalue weighted by atomic mass is 10.1. The molecule has 0 amide bonds. The van der Waals surface area contributed by atoms with E-state index in [1.165, 1.54) is 32.4 Å². The van der Waals surface area contributed by atoms with E-state index in [9.17, 15) is 0 Å². The first-order valence-corrected chi connectivity index (χ1v) is 8.64. The first kappa shape index (κ1) is 20.5. The van der Waals surface area contributed by atoms with Gasteiger partial charge >= 0.3 is 0 Å². The molecule has 0 atom stereocenters. The highest BCUT2D eigenvalue weighted by Crippen LogP contribution is 2.11. The Hall–Kier alpha value is -0.530. The van der Waals surface area contributed by atoms with Gasteiger partial charge in [0.1, 0.15) is 0 Å². The summed E-state index contributed by atoms with van der Waals surface area (Å²) in [5.74, 6) is 0.875. The quantitative estimate of drug-likeness (QED) is 0.396. The Balaban J connectivity index is 0.00000264. The molecule has 2 rings (SSSR count). The molecule has 6 heteroatoms. The number of halogens is 2. The van der Waals surface area contributed by atoms with Crippen LogP contribution in [0, 0.1) is 0 Å². The molecule has 2 N–H and O–H groups in total. The number of nitrogens with zero attached hydrogens (tertiary/aromatic N) is 2. The van der Waals surface area contributed by atoms with Gasteiger partial charge in [-0.05, 0) is 50.6 Å². The second-order valence-corrected chi connectivity index (χ2v) is 6.09. The average Bonchev–Trinajstić information content (AvgIpc) is 2.54. The molecule has 0 saturated carbocycles. The minimum absolute atomic E-state index is 0. The topological polar surface area (TPSA) is 39.7 Å². The molecule has 0 aliphatic carbocycles. The third kappa shape index (κ3) is 8.22. The van der Waals surface area contributed by atoms with E-state index >= 15 is 0 Å². The fourth-order valence-electron chi connectivity index (χ4n) is 2.66. The number of benzene rings is 1. The third-order valence-electron chi connectivity index (χ3n) is 3.82. The number of nitrogens with one attached hydrogen (secondary N) is 2. The molecule has 1 saturated heterocycles. The summed E-state index contributed by atoms with van der Waals surface area (Å²) in [5, 5.41) is 7.47. The lowest BCUT2D eigenvalue weighted by Gasteiger charge is -2.26. The van der Waals surface area contributed by atoms with Crippen molar-refractivity contribution in [1.29, 1.82) is 0 Å². The van der Waals surface area contributed by atoms with Gasteiger partial charge in [0.05, 0.1) is 6.54 Å². The summed E-state index contributed by atoms with van der Waals surface area (Å²) in [4.78, 5) is 7.15. The molecule has 0 unspecified atom stereocenters. The van der Waals surface area contributed by atoms with E-state index in [0.29, 0.717) is 6.54 Å². The van der Waals surface area contributed by atoms with Crippen LogP contribution < -0.4 is 10.6 Å². The van der Waals surface area contributed by atoms with Crippen LogP contribution in [0.15, 0.2) is 29.3 Å². The van der Waals surface area contributed by atoms with Gasteiger partial charge in [-0.3, -0.25) is 0 Å². The van der Waals surface area contributed by atoms with Gasteiger partial charge < -0.3 is 15.5 Å². The molecule has 0 spiro atoms. The van der Waals surface area contributed by atoms with Crippen molar-refractivity contribution in [3.05, 3.63) is 34.9 Å². The summed E-state index contributed by atoms with van der Waals surface area (Å²) < 4.78 is 0. The maximum atomic E-state index is 6.01. The van der Waals surface area contributed by atoms with Crippen molar-refractivity contribution in [2.75, 3.05) is 32.7 Å². The smallest absolute Gasteiger partial charge is 0.191 e. The van der Waals surface area contributed by atoms with Gasteiger partial charge in [0.25, 0.3) is 0 Å². The Morgan fingerprint density at radius 3 is 2.70 bits per heavy atom. The Labute approximate surface area is 162 Å². The van der Waals surface area contributed by atoms with Crippen LogP contribution >= 0.6 is 35.6 Å². The molecule has 0 radical (unpaired) electrons. The first-order valence-electron chi connectivity index (χ1n) is 8.27. The molecular weight excluding hydrogens is 423 g/mol. The van der Waals surface area contributed by atoms with Crippen molar-refractivity contribution in [2.24, 2.45) is 4.99 Å². The van der Waals surface area contributed by atoms with Crippen LogP contribution in [-0.4, -0.2) is 43.6 Å². The summed E-state index contributed by atoms with van der Waals surface area (Å²) in [6.45, 7) is 8.07. The van der Waals surface area contributed by atoms with Crippen molar-refractivity contribution in [2.45, 2.75) is 32.7 Å². The number of hydrogen-bond donors (Lipinski definition) is 2. The van der Waals surface area contributed by atoms with Crippen LogP contribution in [0.3, 0.4) is 0 Å². The van der Waals surface area contributed by atoms with Crippen molar-refractivity contribution < 1.29 is 0 Å². The fraction of sp³-hybridized carbons (Fsp3) is 0.588. The molecular formula is C17H28ClIN4. The van der Waals surface area contributed by atoms with Crippen LogP contribution in [0.1, 0.15) is 31.7 Å². The highest BCUT2D eigenvalue weighted by molar-refractivity contribution is 14.0. The summed E-state index contributed by atoms with van der Waals surface area (Å²) in [6, 6.07) is 7.86. The maximum Gasteiger partial charge on any atom is 0.191 e. The lowest BCUT2D eigenvalue weighted by molar-refractivity contribution is 0.232. The largest absolute Gasteiger partial charge is 0.357 e. The molecule has 4 nitrogen and oxygen atoms in total. The highest BCUT2D eigenvalue weighted by Gasteiger charge is 2.09. The molecule has 0 bridgehead atoms. The summed E-state index contributed by atoms with van der Waals surface area (Å²) in [6.07, 6.45) is 4.06. The Bertz CT molecular complexity index is 475. The third-order valence-corrected chi connectivity index (χ3v) is 4.06. The highest BCUT2D eigenvalue weighted by atomic mass is 127. The van der Waals surface area contributed by atoms with Crippen LogP contribution in [0.4, 0.5) is 0 Å². The zero-order valence-electron chi connectivity index (χ0n) is 13.9. The van der Waals surface area contributed by atoms with Gasteiger partial charge in [-0.15, -0.1) is 24.0 Å². The van der Waals surface area contributed by atoms with E-state index in [4.69, 9.17) is 11.6 Å². The number of aliphatic imine (C=N–C) groups is 1. The Kier molecular flexibility index (Phi) is 10.6. The summed E-state index contributed by atoms with van der Waals surface area (Å²) in [5.41, 5.74) is 1.13. The molecule has 23 heavy (non-hydrogen) atoms. The predicted octanol–water partition coefficient (Wildman–Crippen LogP) is 3.50. The minimum atomic E-state index is 0. The van der Waals surface area contributed by atoms with Crippen molar-refractivity contribution in [3.8, 4) is 0 Å². The summed E-state index contributed by atoms with van der Waals surface area (Å²) >= 11 is 6.01. The van der Waals surface area contributed by atoms with E-state index < -0.39 is 0 Å². The SMILES string of the molecule is CCNC(=NCc1cccc(Cl)c1)NCCN1CCCCC1.I. The predicted molar refractivity (Wildman–Crippen MR) is 110 cm³/mol. The van der Waals surface area contributed by atoms with Crippen molar-refractivity contribution in [1.82, 2.24) is 15.5 Å². The Morgan fingerprint density at radius 2 is 2.00 bits per heavy atom. The zero-order valence-corrected chi connectivity index (χ0v) is 16.9. The van der Waals surface area contributed by atoms with Gasteiger partial charge in [0, 0.05) is 24.7 Å². The maximum absolute atomic E-state index is 6.01. The number of rotatable bonds is 6. The van der Waals surface area contributed by atoms with Crippen LogP contribution in [-0.2, 0) is 6.54 Å². The fourth-order valence-corrected chi connectivity index (χ4v) is 2.88. The van der Waals surface area contributed by atoms with Crippen LogP contribution in [0.25, 0.3) is 0 Å². The zero-order chi connectivity index (χ0) is 15.6. The molecule has 1 heterocycles. The lowest BCUT2D eigenvalue weighted by Crippen LogP contribution is -2.42. The molecule has 1 aromatic carbocycles. The Morgan fingerprint density at radius 1 is 1.22 bits per heavy atom. The molecule has 1 fully saturated rings. The van der Waals surface area contributed by atoms with Crippen LogP contribution in [0.5, 0.6) is 0 Å². The van der Waals surface area contributed by atoms with Crippen molar-refractivity contribution >= 4 is 41.5 Å². The standard InChI is InChI=1S/C17H27ClN4.HI/c1-2-19-17(20-9-12-22-10-4-3-5-11-22)21-14-15-7-6-8-16(18)13-15;/h6-8,13H,2-5,9-12,14H2,1H3,(H2,19,20,21);1H. The average molecular weight is 451 g/mol. The molecule has 1 aliphatic heterocycles. The molecule has 130 valence electrons. The van der Waals surface area contributed by atoms with E-state index in [2.05, 4.69) is 27.4 Å². The second kappa shape index (κ2) is 11.9. The van der Waals surface area contributed by atoms with Crippen LogP contribution in [0.2, 0.25) is 5.02 Å². The van der Waals surface area contributed by atoms with Gasteiger partial charge in [0.15, 0.2) is 5.96 Å². The van der Waals surface area contributed by atoms with E-state index in [1.54, 1.807) is 0 Å². The molecule has 1 aromatic rings. The van der Waals surface area contributed by atoms with E-state index in [-0.39, 0.29) is 24.0 Å². The number of hydrogen-bond acceptors (Lipinski definition) is 2. The number of piperidine rings is 1. The van der Waals surface area contributed by atoms with Crippen molar-refractivity contribution in [3.63, 3.8) is 0 Å². The molecule has 0 aromatic heterocycles. The van der Waals surface area contributed by atoms with E-state index in [0.717, 1.165) is 36.2 Å². The van der Waals surface area contributed by atoms with Gasteiger partial charge in [-0.2, -0.15) is 0 Å². The van der Waals surface area contributed by atoms with Gasteiger partial charge in [0.2, 0.25) is 0 Å². The van der Waals surface area contributed by atoms with E-state index in [1.807, 2.05) is 24.3 Å². The minimum Gasteiger partial charge on any atom is -0.357 e. The normalized spacial score (nSPS) is 15.8. The number of likely N-dealkylation sites (tertiary alicyclic amines) is 1. The molecule has 1 aliphatic rings. The second-order valence-electron chi connectivity index (χ2n) is 5.65. The summed E-state index contributed by atoms with van der Waals surface area (Å²) in [7, 11) is 0. The first-order chi connectivity index (χ1) is 10.8. The monoisotopic (exact) mass is 450 g/mol. The van der Waals surface area contributed by atoms with Gasteiger partial charge in [-0.25, -0.2) is 4.99 Å². The van der Waals surface area contributed by atoms with Gasteiger partial charge in [-0.1, -0.05) is 30.2 Å². The number of guanidine groups is 1.